The Hall–Kier alpha value is -1.52. The van der Waals surface area contributed by atoms with Crippen LogP contribution in [0.4, 0.5) is 5.69 Å². The summed E-state index contributed by atoms with van der Waals surface area (Å²) in [6, 6.07) is 8.17. The Kier molecular flexibility index (Phi) is 3.44. The zero-order valence-electron chi connectivity index (χ0n) is 11.4. The summed E-state index contributed by atoms with van der Waals surface area (Å²) in [5.74, 6) is 0. The summed E-state index contributed by atoms with van der Waals surface area (Å²) in [6.07, 6.45) is 2.36. The number of para-hydroxylation sites is 1. The number of nitrogens with zero attached hydrogens (tertiary/aromatic N) is 2. The van der Waals surface area contributed by atoms with Gasteiger partial charge in [0.15, 0.2) is 0 Å². The zero-order chi connectivity index (χ0) is 13.2. The van der Waals surface area contributed by atoms with Crippen LogP contribution < -0.4 is 5.73 Å². The van der Waals surface area contributed by atoms with Crippen LogP contribution in [0, 0.1) is 0 Å². The van der Waals surface area contributed by atoms with Crippen molar-refractivity contribution in [2.45, 2.75) is 19.6 Å². The molecule has 1 aliphatic rings. The summed E-state index contributed by atoms with van der Waals surface area (Å²) < 4.78 is 8.09. The van der Waals surface area contributed by atoms with Gasteiger partial charge in [-0.1, -0.05) is 19.1 Å². The van der Waals surface area contributed by atoms with Crippen molar-refractivity contribution in [3.8, 4) is 0 Å². The molecular weight excluding hydrogens is 238 g/mol. The van der Waals surface area contributed by atoms with E-state index in [0.717, 1.165) is 44.0 Å². The SMILES string of the molecule is CCN1CCOC(Cn2ccc3cccc(N)c32)C1. The van der Waals surface area contributed by atoms with Crippen LogP contribution in [0.3, 0.4) is 0 Å². The first-order valence-corrected chi connectivity index (χ1v) is 6.95. The van der Waals surface area contributed by atoms with E-state index in [1.807, 2.05) is 12.1 Å². The third-order valence-corrected chi connectivity index (χ3v) is 3.89. The molecule has 19 heavy (non-hydrogen) atoms. The van der Waals surface area contributed by atoms with Gasteiger partial charge in [0.2, 0.25) is 0 Å². The minimum absolute atomic E-state index is 0.254. The van der Waals surface area contributed by atoms with E-state index in [1.54, 1.807) is 0 Å². The fourth-order valence-electron chi connectivity index (χ4n) is 2.84. The van der Waals surface area contributed by atoms with Crippen molar-refractivity contribution < 1.29 is 4.74 Å². The van der Waals surface area contributed by atoms with E-state index in [1.165, 1.54) is 5.39 Å². The van der Waals surface area contributed by atoms with Gasteiger partial charge in [-0.15, -0.1) is 0 Å². The highest BCUT2D eigenvalue weighted by molar-refractivity contribution is 5.90. The maximum absolute atomic E-state index is 6.09. The molecular formula is C15H21N3O. The summed E-state index contributed by atoms with van der Waals surface area (Å²) in [7, 11) is 0. The van der Waals surface area contributed by atoms with Crippen molar-refractivity contribution in [3.63, 3.8) is 0 Å². The van der Waals surface area contributed by atoms with Crippen molar-refractivity contribution >= 4 is 16.6 Å². The number of ether oxygens (including phenoxy) is 1. The predicted molar refractivity (Wildman–Crippen MR) is 78.2 cm³/mol. The smallest absolute Gasteiger partial charge is 0.0881 e. The fraction of sp³-hybridized carbons (Fsp3) is 0.467. The highest BCUT2D eigenvalue weighted by Crippen LogP contribution is 2.23. The van der Waals surface area contributed by atoms with Crippen LogP contribution >= 0.6 is 0 Å². The number of aromatic nitrogens is 1. The average Bonchev–Trinajstić information content (AvgIpc) is 2.84. The second-order valence-corrected chi connectivity index (χ2v) is 5.14. The van der Waals surface area contributed by atoms with Gasteiger partial charge in [-0.25, -0.2) is 0 Å². The van der Waals surface area contributed by atoms with Gasteiger partial charge in [0, 0.05) is 24.7 Å². The van der Waals surface area contributed by atoms with Crippen LogP contribution in [0.2, 0.25) is 0 Å². The number of morpholine rings is 1. The average molecular weight is 259 g/mol. The summed E-state index contributed by atoms with van der Waals surface area (Å²) in [5, 5.41) is 1.20. The molecule has 0 saturated carbocycles. The Bertz CT molecular complexity index is 564. The molecule has 0 spiro atoms. The number of likely N-dealkylation sites (N-methyl/N-ethyl adjacent to an activating group) is 1. The monoisotopic (exact) mass is 259 g/mol. The molecule has 0 aliphatic carbocycles. The molecule has 0 radical (unpaired) electrons. The first kappa shape index (κ1) is 12.5. The summed E-state index contributed by atoms with van der Waals surface area (Å²) in [6.45, 7) is 7.03. The minimum Gasteiger partial charge on any atom is -0.397 e. The topological polar surface area (TPSA) is 43.4 Å². The van der Waals surface area contributed by atoms with Crippen LogP contribution in [0.1, 0.15) is 6.92 Å². The molecule has 1 atom stereocenters. The highest BCUT2D eigenvalue weighted by atomic mass is 16.5. The third-order valence-electron chi connectivity index (χ3n) is 3.89. The molecule has 3 rings (SSSR count). The van der Waals surface area contributed by atoms with Gasteiger partial charge in [-0.3, -0.25) is 4.90 Å². The largest absolute Gasteiger partial charge is 0.397 e. The maximum Gasteiger partial charge on any atom is 0.0881 e. The van der Waals surface area contributed by atoms with E-state index < -0.39 is 0 Å². The van der Waals surface area contributed by atoms with E-state index in [-0.39, 0.29) is 6.10 Å². The molecule has 1 unspecified atom stereocenters. The third kappa shape index (κ3) is 2.46. The zero-order valence-corrected chi connectivity index (χ0v) is 11.4. The maximum atomic E-state index is 6.09. The van der Waals surface area contributed by atoms with E-state index >= 15 is 0 Å². The highest BCUT2D eigenvalue weighted by Gasteiger charge is 2.20. The van der Waals surface area contributed by atoms with Crippen LogP contribution in [0.25, 0.3) is 10.9 Å². The van der Waals surface area contributed by atoms with Crippen molar-refractivity contribution in [3.05, 3.63) is 30.5 Å². The van der Waals surface area contributed by atoms with E-state index in [4.69, 9.17) is 10.5 Å². The molecule has 0 bridgehead atoms. The van der Waals surface area contributed by atoms with Crippen molar-refractivity contribution in [1.82, 2.24) is 9.47 Å². The summed E-state index contributed by atoms with van der Waals surface area (Å²) in [5.41, 5.74) is 8.05. The second kappa shape index (κ2) is 5.23. The molecule has 2 N–H and O–H groups in total. The quantitative estimate of drug-likeness (QED) is 0.857. The fourth-order valence-corrected chi connectivity index (χ4v) is 2.84. The summed E-state index contributed by atoms with van der Waals surface area (Å²) in [4.78, 5) is 2.43. The second-order valence-electron chi connectivity index (χ2n) is 5.14. The molecule has 4 heteroatoms. The standard InChI is InChI=1S/C15H21N3O/c1-2-17-8-9-19-13(10-17)11-18-7-6-12-4-3-5-14(16)15(12)18/h3-7,13H,2,8-11,16H2,1H3. The molecule has 1 fully saturated rings. The Morgan fingerprint density at radius 2 is 2.26 bits per heavy atom. The van der Waals surface area contributed by atoms with E-state index in [0.29, 0.717) is 0 Å². The number of hydrogen-bond acceptors (Lipinski definition) is 3. The molecule has 1 aromatic carbocycles. The van der Waals surface area contributed by atoms with Gasteiger partial charge in [-0.2, -0.15) is 0 Å². The van der Waals surface area contributed by atoms with Gasteiger partial charge in [0.05, 0.1) is 30.5 Å². The molecule has 1 saturated heterocycles. The van der Waals surface area contributed by atoms with Crippen molar-refractivity contribution in [2.24, 2.45) is 0 Å². The lowest BCUT2D eigenvalue weighted by Crippen LogP contribution is -2.43. The molecule has 2 heterocycles. The molecule has 1 aromatic heterocycles. The Balaban J connectivity index is 1.81. The van der Waals surface area contributed by atoms with Gasteiger partial charge >= 0.3 is 0 Å². The number of benzene rings is 1. The lowest BCUT2D eigenvalue weighted by Gasteiger charge is -2.32. The van der Waals surface area contributed by atoms with Gasteiger partial charge in [0.25, 0.3) is 0 Å². The normalized spacial score (nSPS) is 21.0. The molecule has 1 aliphatic heterocycles. The van der Waals surface area contributed by atoms with Crippen LogP contribution in [-0.4, -0.2) is 41.8 Å². The Morgan fingerprint density at radius 1 is 1.37 bits per heavy atom. The number of nitrogen functional groups attached to an aromatic ring is 1. The molecule has 2 aromatic rings. The van der Waals surface area contributed by atoms with Gasteiger partial charge < -0.3 is 15.0 Å². The molecule has 0 amide bonds. The van der Waals surface area contributed by atoms with Crippen LogP contribution in [-0.2, 0) is 11.3 Å². The number of hydrogen-bond donors (Lipinski definition) is 1. The van der Waals surface area contributed by atoms with E-state index in [9.17, 15) is 0 Å². The van der Waals surface area contributed by atoms with Crippen LogP contribution in [0.15, 0.2) is 30.5 Å². The lowest BCUT2D eigenvalue weighted by atomic mass is 10.2. The number of rotatable bonds is 3. The number of anilines is 1. The van der Waals surface area contributed by atoms with Gasteiger partial charge in [-0.05, 0) is 18.7 Å². The first-order chi connectivity index (χ1) is 9.28. The lowest BCUT2D eigenvalue weighted by molar-refractivity contribution is -0.0337. The predicted octanol–water partition coefficient (Wildman–Crippen LogP) is 1.94. The number of fused-ring (bicyclic) bond motifs is 1. The first-order valence-electron chi connectivity index (χ1n) is 6.95. The van der Waals surface area contributed by atoms with Gasteiger partial charge in [0.1, 0.15) is 0 Å². The molecule has 4 nitrogen and oxygen atoms in total. The Morgan fingerprint density at radius 3 is 3.11 bits per heavy atom. The Labute approximate surface area is 113 Å². The van der Waals surface area contributed by atoms with E-state index in [2.05, 4.69) is 34.7 Å². The minimum atomic E-state index is 0.254. The summed E-state index contributed by atoms with van der Waals surface area (Å²) >= 11 is 0. The van der Waals surface area contributed by atoms with Crippen molar-refractivity contribution in [1.29, 1.82) is 0 Å². The molecule has 102 valence electrons. The van der Waals surface area contributed by atoms with Crippen molar-refractivity contribution in [2.75, 3.05) is 32.0 Å². The number of nitrogens with two attached hydrogens (primary N) is 1. The van der Waals surface area contributed by atoms with Crippen LogP contribution in [0.5, 0.6) is 0 Å².